The molecule has 2 atom stereocenters. The number of rotatable bonds is 4. The fourth-order valence-electron chi connectivity index (χ4n) is 3.61. The topological polar surface area (TPSA) is 0 Å². The normalized spacial score (nSPS) is 24.9. The third-order valence-electron chi connectivity index (χ3n) is 4.96. The maximum absolute atomic E-state index is 2.81. The van der Waals surface area contributed by atoms with Gasteiger partial charge in [0.1, 0.15) is 0 Å². The van der Waals surface area contributed by atoms with E-state index in [1.54, 1.807) is 0 Å². The highest BCUT2D eigenvalue weighted by atomic mass is 28.3. The van der Waals surface area contributed by atoms with Gasteiger partial charge in [0.15, 0.2) is 0 Å². The van der Waals surface area contributed by atoms with Crippen molar-refractivity contribution in [2.75, 3.05) is 0 Å². The molecular formula is C18H40Si4. The molecule has 0 aliphatic heterocycles. The molecule has 22 heavy (non-hydrogen) atoms. The first-order valence-electron chi connectivity index (χ1n) is 8.90. The molecule has 0 nitrogen and oxygen atoms in total. The molecule has 0 unspecified atom stereocenters. The van der Waals surface area contributed by atoms with Crippen LogP contribution in [0.25, 0.3) is 0 Å². The highest BCUT2D eigenvalue weighted by Gasteiger charge is 2.43. The summed E-state index contributed by atoms with van der Waals surface area (Å²) in [6.45, 7) is 30.7. The van der Waals surface area contributed by atoms with Crippen LogP contribution in [0.4, 0.5) is 0 Å². The summed E-state index contributed by atoms with van der Waals surface area (Å²) in [5, 5.41) is 3.75. The second-order valence-electron chi connectivity index (χ2n) is 11.4. The van der Waals surface area contributed by atoms with Gasteiger partial charge in [-0.1, -0.05) is 101 Å². The third kappa shape index (κ3) is 4.68. The molecule has 0 aromatic heterocycles. The number of allylic oxidation sites excluding steroid dienone is 4. The van der Waals surface area contributed by atoms with E-state index in [0.717, 1.165) is 11.1 Å². The lowest BCUT2D eigenvalue weighted by molar-refractivity contribution is 1.06. The lowest BCUT2D eigenvalue weighted by Crippen LogP contribution is -2.44. The molecule has 0 radical (unpaired) electrons. The molecule has 1 rings (SSSR count). The predicted octanol–water partition coefficient (Wildman–Crippen LogP) is 7.02. The van der Waals surface area contributed by atoms with Crippen molar-refractivity contribution in [1.29, 1.82) is 0 Å². The molecule has 128 valence electrons. The van der Waals surface area contributed by atoms with Crippen LogP contribution in [0.5, 0.6) is 0 Å². The standard InChI is InChI=1S/C18H40Si4/c1-19(2,3)15-13-17(21(7,8)9)18(22(10,11)12)14-16(15)20(4,5)6/h13-15,18H,1-12H3/t15-,18-/m1/s1. The Labute approximate surface area is 144 Å². The van der Waals surface area contributed by atoms with Crippen LogP contribution in [0.2, 0.25) is 89.6 Å². The van der Waals surface area contributed by atoms with Crippen molar-refractivity contribution in [2.24, 2.45) is 0 Å². The Morgan fingerprint density at radius 1 is 0.500 bits per heavy atom. The van der Waals surface area contributed by atoms with Crippen molar-refractivity contribution >= 4 is 32.3 Å². The first kappa shape index (κ1) is 20.4. The monoisotopic (exact) mass is 368 g/mol. The van der Waals surface area contributed by atoms with Gasteiger partial charge in [-0.2, -0.15) is 0 Å². The van der Waals surface area contributed by atoms with E-state index in [2.05, 4.69) is 90.7 Å². The van der Waals surface area contributed by atoms with Crippen LogP contribution >= 0.6 is 0 Å². The molecule has 0 saturated carbocycles. The van der Waals surface area contributed by atoms with Crippen LogP contribution in [0.15, 0.2) is 22.5 Å². The lowest BCUT2D eigenvalue weighted by Gasteiger charge is -2.45. The van der Waals surface area contributed by atoms with Crippen molar-refractivity contribution in [3.05, 3.63) is 22.5 Å². The molecule has 1 aliphatic carbocycles. The minimum Gasteiger partial charge on any atom is -0.0848 e. The molecule has 0 aromatic rings. The van der Waals surface area contributed by atoms with Crippen molar-refractivity contribution in [3.63, 3.8) is 0 Å². The molecule has 1 aliphatic rings. The van der Waals surface area contributed by atoms with E-state index in [1.165, 1.54) is 0 Å². The average Bonchev–Trinajstić information content (AvgIpc) is 2.22. The van der Waals surface area contributed by atoms with E-state index in [1.807, 2.05) is 10.4 Å². The Kier molecular flexibility index (Phi) is 5.57. The van der Waals surface area contributed by atoms with Crippen molar-refractivity contribution < 1.29 is 0 Å². The van der Waals surface area contributed by atoms with Crippen molar-refractivity contribution in [1.82, 2.24) is 0 Å². The SMILES string of the molecule is C[Si](C)(C)C1=C[C@@H]([Si](C)(C)C)C([Si](C)(C)C)=C[C@H]1[Si](C)(C)C. The van der Waals surface area contributed by atoms with Crippen LogP contribution < -0.4 is 0 Å². The fraction of sp³-hybridized carbons (Fsp3) is 0.778. The Morgan fingerprint density at radius 3 is 0.864 bits per heavy atom. The molecule has 0 aromatic carbocycles. The lowest BCUT2D eigenvalue weighted by atomic mass is 10.2. The van der Waals surface area contributed by atoms with E-state index >= 15 is 0 Å². The van der Waals surface area contributed by atoms with Gasteiger partial charge in [0.2, 0.25) is 0 Å². The quantitative estimate of drug-likeness (QED) is 0.467. The maximum atomic E-state index is 2.81. The van der Waals surface area contributed by atoms with Gasteiger partial charge in [-0.05, 0) is 11.1 Å². The Bertz CT molecular complexity index is 427. The summed E-state index contributed by atoms with van der Waals surface area (Å²) in [5.74, 6) is 0. The largest absolute Gasteiger partial charge is 0.0848 e. The van der Waals surface area contributed by atoms with E-state index in [9.17, 15) is 0 Å². The number of hydrogen-bond acceptors (Lipinski definition) is 0. The molecule has 0 fully saturated rings. The van der Waals surface area contributed by atoms with Gasteiger partial charge in [0.25, 0.3) is 0 Å². The van der Waals surface area contributed by atoms with Gasteiger partial charge >= 0.3 is 0 Å². The maximum Gasteiger partial charge on any atom is 0.0724 e. The Hall–Kier alpha value is 0.348. The van der Waals surface area contributed by atoms with E-state index in [0.29, 0.717) is 0 Å². The van der Waals surface area contributed by atoms with E-state index in [4.69, 9.17) is 0 Å². The molecule has 0 spiro atoms. The summed E-state index contributed by atoms with van der Waals surface area (Å²) in [6.07, 6.45) is 5.63. The second-order valence-corrected chi connectivity index (χ2v) is 32.3. The second kappa shape index (κ2) is 6.01. The number of hydrogen-bond donors (Lipinski definition) is 0. The summed E-state index contributed by atoms with van der Waals surface area (Å²) in [5.41, 5.74) is 1.57. The minimum absolute atomic E-state index is 0.786. The highest BCUT2D eigenvalue weighted by molar-refractivity contribution is 6.91. The third-order valence-corrected chi connectivity index (χ3v) is 14.6. The Balaban J connectivity index is 3.57. The van der Waals surface area contributed by atoms with Crippen LogP contribution in [-0.4, -0.2) is 32.3 Å². The average molecular weight is 369 g/mol. The van der Waals surface area contributed by atoms with Crippen molar-refractivity contribution in [2.45, 2.75) is 89.6 Å². The first-order chi connectivity index (χ1) is 9.45. The molecule has 0 N–H and O–H groups in total. The zero-order valence-corrected chi connectivity index (χ0v) is 21.3. The van der Waals surface area contributed by atoms with Crippen LogP contribution in [0, 0.1) is 0 Å². The van der Waals surface area contributed by atoms with Crippen LogP contribution in [0.3, 0.4) is 0 Å². The van der Waals surface area contributed by atoms with Crippen LogP contribution in [-0.2, 0) is 0 Å². The smallest absolute Gasteiger partial charge is 0.0724 e. The van der Waals surface area contributed by atoms with Gasteiger partial charge in [-0.3, -0.25) is 0 Å². The summed E-state index contributed by atoms with van der Waals surface area (Å²) in [4.78, 5) is 0. The predicted molar refractivity (Wildman–Crippen MR) is 117 cm³/mol. The van der Waals surface area contributed by atoms with Gasteiger partial charge in [-0.15, -0.1) is 0 Å². The van der Waals surface area contributed by atoms with Gasteiger partial charge in [0.05, 0.1) is 32.3 Å². The summed E-state index contributed by atoms with van der Waals surface area (Å²) >= 11 is 0. The van der Waals surface area contributed by atoms with Crippen molar-refractivity contribution in [3.8, 4) is 0 Å². The molecule has 0 bridgehead atoms. The van der Waals surface area contributed by atoms with Gasteiger partial charge in [-0.25, -0.2) is 0 Å². The van der Waals surface area contributed by atoms with E-state index < -0.39 is 32.3 Å². The van der Waals surface area contributed by atoms with E-state index in [-0.39, 0.29) is 0 Å². The molecule has 0 saturated heterocycles. The first-order valence-corrected chi connectivity index (χ1v) is 23.1. The molecule has 0 heterocycles. The fourth-order valence-corrected chi connectivity index (χ4v) is 15.9. The zero-order chi connectivity index (χ0) is 17.7. The van der Waals surface area contributed by atoms with Gasteiger partial charge < -0.3 is 0 Å². The molecule has 4 heteroatoms. The minimum atomic E-state index is -1.25. The summed E-state index contributed by atoms with van der Waals surface area (Å²) in [7, 11) is -4.92. The molecule has 0 amide bonds. The highest BCUT2D eigenvalue weighted by Crippen LogP contribution is 2.49. The zero-order valence-electron chi connectivity index (χ0n) is 17.3. The van der Waals surface area contributed by atoms with Gasteiger partial charge in [0, 0.05) is 0 Å². The Morgan fingerprint density at radius 2 is 0.727 bits per heavy atom. The summed E-state index contributed by atoms with van der Waals surface area (Å²) < 4.78 is 0. The molecular weight excluding hydrogens is 329 g/mol. The summed E-state index contributed by atoms with van der Waals surface area (Å²) in [6, 6.07) is 0. The van der Waals surface area contributed by atoms with Crippen LogP contribution in [0.1, 0.15) is 0 Å².